The van der Waals surface area contributed by atoms with Crippen molar-refractivity contribution in [2.24, 2.45) is 0 Å². The van der Waals surface area contributed by atoms with E-state index in [0.717, 1.165) is 11.1 Å². The summed E-state index contributed by atoms with van der Waals surface area (Å²) < 4.78 is 0. The van der Waals surface area contributed by atoms with E-state index in [0.29, 0.717) is 25.1 Å². The summed E-state index contributed by atoms with van der Waals surface area (Å²) in [6.45, 7) is 3.17. The maximum atomic E-state index is 12.3. The fourth-order valence-corrected chi connectivity index (χ4v) is 2.74. The number of nitrogens with two attached hydrogens (primary N) is 1. The van der Waals surface area contributed by atoms with Gasteiger partial charge in [-0.2, -0.15) is 0 Å². The van der Waals surface area contributed by atoms with Crippen LogP contribution < -0.4 is 11.1 Å². The summed E-state index contributed by atoms with van der Waals surface area (Å²) in [5, 5.41) is 2.91. The molecule has 0 bridgehead atoms. The molecule has 1 atom stereocenters. The molecule has 124 valence electrons. The number of aromatic nitrogens is 2. The number of nitrogens with one attached hydrogen (secondary N) is 1. The van der Waals surface area contributed by atoms with Crippen LogP contribution >= 0.6 is 0 Å². The Kier molecular flexibility index (Phi) is 4.41. The molecule has 1 saturated heterocycles. The van der Waals surface area contributed by atoms with E-state index in [-0.39, 0.29) is 23.8 Å². The first-order valence-corrected chi connectivity index (χ1v) is 7.83. The summed E-state index contributed by atoms with van der Waals surface area (Å²) >= 11 is 0. The largest absolute Gasteiger partial charge is 0.368 e. The molecule has 7 nitrogen and oxygen atoms in total. The van der Waals surface area contributed by atoms with Crippen LogP contribution in [0.5, 0.6) is 0 Å². The Hall–Kier alpha value is -2.96. The number of carbonyl (C=O) groups is 2. The van der Waals surface area contributed by atoms with Gasteiger partial charge in [-0.05, 0) is 24.6 Å². The van der Waals surface area contributed by atoms with E-state index >= 15 is 0 Å². The van der Waals surface area contributed by atoms with Crippen molar-refractivity contribution in [1.82, 2.24) is 20.2 Å². The van der Waals surface area contributed by atoms with Crippen molar-refractivity contribution < 1.29 is 9.59 Å². The Labute approximate surface area is 139 Å². The molecule has 2 amide bonds. The summed E-state index contributed by atoms with van der Waals surface area (Å²) in [7, 11) is 0. The van der Waals surface area contributed by atoms with Crippen LogP contribution in [0.25, 0.3) is 11.1 Å². The number of carbonyl (C=O) groups excluding carboxylic acids is 2. The topological polar surface area (TPSA) is 101 Å². The molecule has 1 aliphatic heterocycles. The van der Waals surface area contributed by atoms with Crippen molar-refractivity contribution >= 4 is 17.8 Å². The van der Waals surface area contributed by atoms with Gasteiger partial charge in [-0.3, -0.25) is 9.59 Å². The van der Waals surface area contributed by atoms with E-state index in [1.165, 1.54) is 0 Å². The summed E-state index contributed by atoms with van der Waals surface area (Å²) in [5.41, 5.74) is 7.76. The molecule has 0 saturated carbocycles. The molecule has 2 aromatic rings. The second kappa shape index (κ2) is 6.66. The van der Waals surface area contributed by atoms with Gasteiger partial charge in [0.05, 0.1) is 6.04 Å². The number of hydrogen-bond acceptors (Lipinski definition) is 5. The monoisotopic (exact) mass is 325 g/mol. The number of hydrogen-bond donors (Lipinski definition) is 2. The van der Waals surface area contributed by atoms with E-state index < -0.39 is 0 Å². The first-order valence-electron chi connectivity index (χ1n) is 7.83. The molecule has 3 rings (SSSR count). The Morgan fingerprint density at radius 2 is 1.92 bits per heavy atom. The van der Waals surface area contributed by atoms with Crippen LogP contribution in [-0.2, 0) is 4.79 Å². The molecule has 0 unspecified atom stereocenters. The standard InChI is InChI=1S/C17H19N5O2/c1-2-22-10-14(7-15(22)23)21-16(24)12-5-3-11(4-6-12)13-8-19-17(18)20-9-13/h3-6,8-9,14H,2,7,10H2,1H3,(H,21,24)(H2,18,19,20)/t14-/m1/s1. The minimum atomic E-state index is -0.175. The maximum Gasteiger partial charge on any atom is 0.251 e. The quantitative estimate of drug-likeness (QED) is 0.876. The third-order valence-electron chi connectivity index (χ3n) is 4.08. The van der Waals surface area contributed by atoms with Gasteiger partial charge in [0.15, 0.2) is 0 Å². The number of anilines is 1. The number of rotatable bonds is 4. The van der Waals surface area contributed by atoms with Gasteiger partial charge in [0.2, 0.25) is 11.9 Å². The molecule has 1 aromatic heterocycles. The summed E-state index contributed by atoms with van der Waals surface area (Å²) in [6, 6.07) is 7.03. The zero-order valence-corrected chi connectivity index (χ0v) is 13.4. The van der Waals surface area contributed by atoms with Gasteiger partial charge in [-0.25, -0.2) is 9.97 Å². The lowest BCUT2D eigenvalue weighted by molar-refractivity contribution is -0.127. The van der Waals surface area contributed by atoms with Gasteiger partial charge >= 0.3 is 0 Å². The fraction of sp³-hybridized carbons (Fsp3) is 0.294. The number of likely N-dealkylation sites (N-methyl/N-ethyl adjacent to an activating group) is 1. The lowest BCUT2D eigenvalue weighted by atomic mass is 10.1. The van der Waals surface area contributed by atoms with Crippen LogP contribution in [0.2, 0.25) is 0 Å². The van der Waals surface area contributed by atoms with Crippen molar-refractivity contribution in [3.63, 3.8) is 0 Å². The molecule has 2 heterocycles. The van der Waals surface area contributed by atoms with Crippen LogP contribution in [0.1, 0.15) is 23.7 Å². The number of amides is 2. The molecular weight excluding hydrogens is 306 g/mol. The predicted octanol–water partition coefficient (Wildman–Crippen LogP) is 1.08. The van der Waals surface area contributed by atoms with Gasteiger partial charge in [0.1, 0.15) is 0 Å². The van der Waals surface area contributed by atoms with Crippen LogP contribution in [0.4, 0.5) is 5.95 Å². The molecule has 24 heavy (non-hydrogen) atoms. The van der Waals surface area contributed by atoms with Gasteiger partial charge in [-0.1, -0.05) is 12.1 Å². The van der Waals surface area contributed by atoms with Gasteiger partial charge in [0, 0.05) is 43.0 Å². The van der Waals surface area contributed by atoms with Crippen LogP contribution in [-0.4, -0.2) is 45.8 Å². The highest BCUT2D eigenvalue weighted by Crippen LogP contribution is 2.19. The number of likely N-dealkylation sites (tertiary alicyclic amines) is 1. The molecule has 1 fully saturated rings. The predicted molar refractivity (Wildman–Crippen MR) is 90.0 cm³/mol. The van der Waals surface area contributed by atoms with E-state index in [1.807, 2.05) is 19.1 Å². The average molecular weight is 325 g/mol. The third-order valence-corrected chi connectivity index (χ3v) is 4.08. The summed E-state index contributed by atoms with van der Waals surface area (Å²) in [6.07, 6.45) is 3.64. The average Bonchev–Trinajstić information content (AvgIpc) is 2.95. The first-order chi connectivity index (χ1) is 11.6. The molecule has 0 radical (unpaired) electrons. The molecule has 3 N–H and O–H groups in total. The second-order valence-electron chi connectivity index (χ2n) is 5.71. The second-order valence-corrected chi connectivity index (χ2v) is 5.71. The lowest BCUT2D eigenvalue weighted by Gasteiger charge is -2.14. The van der Waals surface area contributed by atoms with Crippen LogP contribution in [0.3, 0.4) is 0 Å². The third kappa shape index (κ3) is 3.34. The van der Waals surface area contributed by atoms with E-state index in [4.69, 9.17) is 5.73 Å². The van der Waals surface area contributed by atoms with E-state index in [1.54, 1.807) is 29.4 Å². The zero-order valence-electron chi connectivity index (χ0n) is 13.4. The maximum absolute atomic E-state index is 12.3. The minimum absolute atomic E-state index is 0.0847. The van der Waals surface area contributed by atoms with Gasteiger partial charge in [0.25, 0.3) is 5.91 Å². The Balaban J connectivity index is 1.66. The highest BCUT2D eigenvalue weighted by atomic mass is 16.2. The van der Waals surface area contributed by atoms with Crippen molar-refractivity contribution in [1.29, 1.82) is 0 Å². The van der Waals surface area contributed by atoms with Crippen molar-refractivity contribution in [3.05, 3.63) is 42.2 Å². The van der Waals surface area contributed by atoms with E-state index in [9.17, 15) is 9.59 Å². The first kappa shape index (κ1) is 15.9. The smallest absolute Gasteiger partial charge is 0.251 e. The Bertz CT molecular complexity index is 743. The Morgan fingerprint density at radius 3 is 2.50 bits per heavy atom. The summed E-state index contributed by atoms with van der Waals surface area (Å²) in [4.78, 5) is 33.7. The normalized spacial score (nSPS) is 17.1. The van der Waals surface area contributed by atoms with Crippen LogP contribution in [0.15, 0.2) is 36.7 Å². The molecule has 1 aliphatic rings. The Morgan fingerprint density at radius 1 is 1.25 bits per heavy atom. The van der Waals surface area contributed by atoms with Crippen LogP contribution in [0, 0.1) is 0 Å². The molecule has 1 aromatic carbocycles. The molecule has 0 aliphatic carbocycles. The zero-order chi connectivity index (χ0) is 17.1. The molecular formula is C17H19N5O2. The van der Waals surface area contributed by atoms with Crippen molar-refractivity contribution in [2.45, 2.75) is 19.4 Å². The van der Waals surface area contributed by atoms with Gasteiger partial charge < -0.3 is 16.0 Å². The van der Waals surface area contributed by atoms with E-state index in [2.05, 4.69) is 15.3 Å². The van der Waals surface area contributed by atoms with Crippen molar-refractivity contribution in [2.75, 3.05) is 18.8 Å². The highest BCUT2D eigenvalue weighted by molar-refractivity contribution is 5.95. The van der Waals surface area contributed by atoms with Crippen molar-refractivity contribution in [3.8, 4) is 11.1 Å². The fourth-order valence-electron chi connectivity index (χ4n) is 2.74. The number of nitrogens with zero attached hydrogens (tertiary/aromatic N) is 3. The number of nitrogen functional groups attached to an aromatic ring is 1. The highest BCUT2D eigenvalue weighted by Gasteiger charge is 2.29. The van der Waals surface area contributed by atoms with Gasteiger partial charge in [-0.15, -0.1) is 0 Å². The summed E-state index contributed by atoms with van der Waals surface area (Å²) in [5.74, 6) is 0.134. The lowest BCUT2D eigenvalue weighted by Crippen LogP contribution is -2.37. The number of benzene rings is 1. The SMILES string of the molecule is CCN1C[C@H](NC(=O)c2ccc(-c3cnc(N)nc3)cc2)CC1=O. The minimum Gasteiger partial charge on any atom is -0.368 e. The molecule has 7 heteroatoms. The molecule has 0 spiro atoms.